The number of benzene rings is 1. The van der Waals surface area contributed by atoms with Gasteiger partial charge in [-0.1, -0.05) is 11.6 Å². The number of ether oxygens (including phenoxy) is 1. The van der Waals surface area contributed by atoms with Gasteiger partial charge >= 0.3 is 0 Å². The molecular formula is C26H27ClFN7O. The van der Waals surface area contributed by atoms with Gasteiger partial charge in [0.15, 0.2) is 0 Å². The first-order chi connectivity index (χ1) is 17.3. The minimum atomic E-state index is -0.447. The average Bonchev–Trinajstić information content (AvgIpc) is 3.47. The number of hydrogen-bond acceptors (Lipinski definition) is 6. The van der Waals surface area contributed by atoms with Crippen molar-refractivity contribution >= 4 is 34.3 Å². The lowest BCUT2D eigenvalue weighted by Crippen LogP contribution is -2.24. The number of halogens is 2. The number of nitrogens with one attached hydrogen (secondary N) is 1. The summed E-state index contributed by atoms with van der Waals surface area (Å²) in [5, 5.41) is 8.51. The van der Waals surface area contributed by atoms with E-state index in [1.54, 1.807) is 24.0 Å². The van der Waals surface area contributed by atoms with Gasteiger partial charge < -0.3 is 21.5 Å². The van der Waals surface area contributed by atoms with E-state index >= 15 is 0 Å². The number of aromatic nitrogens is 3. The molecule has 186 valence electrons. The Kier molecular flexibility index (Phi) is 6.51. The summed E-state index contributed by atoms with van der Waals surface area (Å²) in [6.45, 7) is 2.01. The fraction of sp³-hybridized carbons (Fsp3) is 0.269. The molecule has 0 spiro atoms. The van der Waals surface area contributed by atoms with Crippen LogP contribution in [0.15, 0.2) is 53.9 Å². The van der Waals surface area contributed by atoms with Crippen LogP contribution in [0.1, 0.15) is 30.4 Å². The maximum absolute atomic E-state index is 13.8. The average molecular weight is 508 g/mol. The lowest BCUT2D eigenvalue weighted by atomic mass is 10.1. The number of methoxy groups -OCH3 is 1. The maximum Gasteiger partial charge on any atom is 0.213 e. The van der Waals surface area contributed by atoms with Crippen LogP contribution in [0, 0.1) is 12.7 Å². The molecule has 1 fully saturated rings. The van der Waals surface area contributed by atoms with Gasteiger partial charge in [-0.25, -0.2) is 18.9 Å². The third-order valence-electron chi connectivity index (χ3n) is 6.49. The third-order valence-corrected chi connectivity index (χ3v) is 6.81. The van der Waals surface area contributed by atoms with Crippen molar-refractivity contribution in [2.45, 2.75) is 38.3 Å². The van der Waals surface area contributed by atoms with E-state index in [9.17, 15) is 4.39 Å². The highest BCUT2D eigenvalue weighted by Crippen LogP contribution is 2.33. The Bertz CT molecular complexity index is 1470. The molecule has 3 heterocycles. The molecule has 0 amide bonds. The largest absolute Gasteiger partial charge is 0.481 e. The molecular weight excluding hydrogens is 481 g/mol. The van der Waals surface area contributed by atoms with Crippen LogP contribution in [-0.4, -0.2) is 39.6 Å². The zero-order valence-electron chi connectivity index (χ0n) is 20.0. The van der Waals surface area contributed by atoms with Gasteiger partial charge in [0, 0.05) is 47.7 Å². The molecule has 5 rings (SSSR count). The standard InChI is InChI=1S/C26H27ClFN7O/c1-14-7-24(36-2)31-11-19(14)15-8-23-25(33-18-5-4-17(29)10-18)20(12-32-35(23)13-15)26(30)34-22-9-16(28)3-6-21(22)27/h3,6-9,11-13,17-18,33H,4-5,10,29H2,1-2H3,(H2,30,34). The summed E-state index contributed by atoms with van der Waals surface area (Å²) in [7, 11) is 1.59. The van der Waals surface area contributed by atoms with Gasteiger partial charge in [0.1, 0.15) is 11.7 Å². The summed E-state index contributed by atoms with van der Waals surface area (Å²) < 4.78 is 20.9. The zero-order valence-corrected chi connectivity index (χ0v) is 20.8. The maximum atomic E-state index is 13.8. The van der Waals surface area contributed by atoms with Crippen molar-refractivity contribution in [3.63, 3.8) is 0 Å². The van der Waals surface area contributed by atoms with E-state index in [4.69, 9.17) is 27.8 Å². The fourth-order valence-corrected chi connectivity index (χ4v) is 4.77. The van der Waals surface area contributed by atoms with Gasteiger partial charge in [0.05, 0.1) is 40.8 Å². The second-order valence-electron chi connectivity index (χ2n) is 9.04. The van der Waals surface area contributed by atoms with Crippen LogP contribution in [0.25, 0.3) is 16.6 Å². The van der Waals surface area contributed by atoms with Gasteiger partial charge in [-0.3, -0.25) is 0 Å². The number of aliphatic imine (C=N–C) groups is 1. The molecule has 1 aliphatic rings. The number of rotatable bonds is 6. The molecule has 1 aliphatic carbocycles. The van der Waals surface area contributed by atoms with E-state index in [1.165, 1.54) is 18.2 Å². The minimum absolute atomic E-state index is 0.149. The van der Waals surface area contributed by atoms with Crippen molar-refractivity contribution in [1.82, 2.24) is 14.6 Å². The smallest absolute Gasteiger partial charge is 0.213 e. The van der Waals surface area contributed by atoms with E-state index < -0.39 is 5.82 Å². The summed E-state index contributed by atoms with van der Waals surface area (Å²) in [6, 6.07) is 8.23. The van der Waals surface area contributed by atoms with Crippen molar-refractivity contribution < 1.29 is 9.13 Å². The first-order valence-electron chi connectivity index (χ1n) is 11.7. The van der Waals surface area contributed by atoms with Crippen LogP contribution < -0.4 is 21.5 Å². The molecule has 0 aliphatic heterocycles. The van der Waals surface area contributed by atoms with Crippen LogP contribution in [0.2, 0.25) is 5.02 Å². The minimum Gasteiger partial charge on any atom is -0.481 e. The number of nitrogens with zero attached hydrogens (tertiary/aromatic N) is 4. The molecule has 2 atom stereocenters. The predicted molar refractivity (Wildman–Crippen MR) is 141 cm³/mol. The van der Waals surface area contributed by atoms with Gasteiger partial charge in [-0.15, -0.1) is 0 Å². The molecule has 0 radical (unpaired) electrons. The van der Waals surface area contributed by atoms with Crippen LogP contribution in [-0.2, 0) is 0 Å². The van der Waals surface area contributed by atoms with Crippen LogP contribution in [0.3, 0.4) is 0 Å². The van der Waals surface area contributed by atoms with E-state index in [-0.39, 0.29) is 23.6 Å². The van der Waals surface area contributed by atoms with Crippen molar-refractivity contribution in [2.75, 3.05) is 12.4 Å². The molecule has 1 aromatic carbocycles. The van der Waals surface area contributed by atoms with Crippen LogP contribution in [0.4, 0.5) is 15.8 Å². The van der Waals surface area contributed by atoms with Gasteiger partial charge in [-0.05, 0) is 49.9 Å². The molecule has 36 heavy (non-hydrogen) atoms. The van der Waals surface area contributed by atoms with E-state index in [1.807, 2.05) is 25.3 Å². The number of amidine groups is 1. The monoisotopic (exact) mass is 507 g/mol. The van der Waals surface area contributed by atoms with Gasteiger partial charge in [0.25, 0.3) is 0 Å². The summed E-state index contributed by atoms with van der Waals surface area (Å²) in [6.07, 6.45) is 8.11. The normalized spacial score (nSPS) is 18.1. The molecule has 8 nitrogen and oxygen atoms in total. The van der Waals surface area contributed by atoms with Gasteiger partial charge in [0.2, 0.25) is 5.88 Å². The molecule has 10 heteroatoms. The van der Waals surface area contributed by atoms with Crippen LogP contribution in [0.5, 0.6) is 5.88 Å². The van der Waals surface area contributed by atoms with E-state index in [0.717, 1.165) is 47.2 Å². The predicted octanol–water partition coefficient (Wildman–Crippen LogP) is 4.83. The Morgan fingerprint density at radius 1 is 1.25 bits per heavy atom. The van der Waals surface area contributed by atoms with Crippen LogP contribution >= 0.6 is 11.6 Å². The number of pyridine rings is 1. The highest BCUT2D eigenvalue weighted by atomic mass is 35.5. The molecule has 0 bridgehead atoms. The highest BCUT2D eigenvalue weighted by molar-refractivity contribution is 6.33. The Hall–Kier alpha value is -3.69. The number of fused-ring (bicyclic) bond motifs is 1. The number of nitrogens with two attached hydrogens (primary N) is 2. The first kappa shape index (κ1) is 24.0. The second-order valence-corrected chi connectivity index (χ2v) is 9.45. The number of aryl methyl sites for hydroxylation is 1. The Balaban J connectivity index is 1.63. The lowest BCUT2D eigenvalue weighted by molar-refractivity contribution is 0.397. The molecule has 0 saturated heterocycles. The molecule has 4 aromatic rings. The Labute approximate surface area is 213 Å². The summed E-state index contributed by atoms with van der Waals surface area (Å²) >= 11 is 6.23. The Morgan fingerprint density at radius 2 is 2.08 bits per heavy atom. The summed E-state index contributed by atoms with van der Waals surface area (Å²) in [4.78, 5) is 8.79. The van der Waals surface area contributed by atoms with E-state index in [0.29, 0.717) is 16.5 Å². The Morgan fingerprint density at radius 3 is 2.81 bits per heavy atom. The summed E-state index contributed by atoms with van der Waals surface area (Å²) in [5.74, 6) is 0.283. The fourth-order valence-electron chi connectivity index (χ4n) is 4.61. The zero-order chi connectivity index (χ0) is 25.4. The third kappa shape index (κ3) is 4.72. The number of hydrogen-bond donors (Lipinski definition) is 3. The summed E-state index contributed by atoms with van der Waals surface area (Å²) in [5.41, 5.74) is 18.0. The van der Waals surface area contributed by atoms with Crippen molar-refractivity contribution in [3.8, 4) is 17.0 Å². The molecule has 5 N–H and O–H groups in total. The van der Waals surface area contributed by atoms with Crippen molar-refractivity contribution in [3.05, 3.63) is 70.9 Å². The van der Waals surface area contributed by atoms with Crippen molar-refractivity contribution in [1.29, 1.82) is 0 Å². The highest BCUT2D eigenvalue weighted by Gasteiger charge is 2.24. The molecule has 2 unspecified atom stereocenters. The van der Waals surface area contributed by atoms with Crippen molar-refractivity contribution in [2.24, 2.45) is 16.5 Å². The first-order valence-corrected chi connectivity index (χ1v) is 12.0. The molecule has 1 saturated carbocycles. The second kappa shape index (κ2) is 9.75. The quantitative estimate of drug-likeness (QED) is 0.254. The number of anilines is 1. The lowest BCUT2D eigenvalue weighted by Gasteiger charge is -2.18. The van der Waals surface area contributed by atoms with E-state index in [2.05, 4.69) is 20.4 Å². The van der Waals surface area contributed by atoms with Gasteiger partial charge in [-0.2, -0.15) is 5.10 Å². The molecule has 3 aromatic heterocycles. The topological polar surface area (TPSA) is 116 Å². The SMILES string of the molecule is COc1cc(C)c(-c2cc3c(NC4CCC(N)C4)c(C(N)=Nc4cc(F)ccc4Cl)cnn3c2)cn1.